The predicted molar refractivity (Wildman–Crippen MR) is 95.2 cm³/mol. The lowest BCUT2D eigenvalue weighted by Crippen LogP contribution is -2.53. The van der Waals surface area contributed by atoms with Gasteiger partial charge in [0.1, 0.15) is 12.1 Å². The van der Waals surface area contributed by atoms with Gasteiger partial charge in [-0.25, -0.2) is 4.79 Å². The van der Waals surface area contributed by atoms with Gasteiger partial charge in [0.05, 0.1) is 12.2 Å². The minimum atomic E-state index is -1.18. The highest BCUT2D eigenvalue weighted by Gasteiger charge is 2.28. The second-order valence-electron chi connectivity index (χ2n) is 5.41. The van der Waals surface area contributed by atoms with Gasteiger partial charge in [0.15, 0.2) is 0 Å². The van der Waals surface area contributed by atoms with Gasteiger partial charge in [0.25, 0.3) is 0 Å². The van der Waals surface area contributed by atoms with Crippen molar-refractivity contribution in [2.45, 2.75) is 18.5 Å². The van der Waals surface area contributed by atoms with Crippen LogP contribution in [0.15, 0.2) is 30.5 Å². The van der Waals surface area contributed by atoms with E-state index >= 15 is 0 Å². The minimum Gasteiger partial charge on any atom is -0.480 e. The van der Waals surface area contributed by atoms with E-state index in [-0.39, 0.29) is 18.7 Å². The van der Waals surface area contributed by atoms with Gasteiger partial charge in [-0.1, -0.05) is 18.2 Å². The Bertz CT molecular complexity index is 707. The predicted octanol–water partition coefficient (Wildman–Crippen LogP) is -0.390. The SMILES string of the molecule is NCC(=O)N[C@@H](CS)C(=O)N[C@@H](CC1=C[N]c2ccccc21)C(=O)O. The zero-order chi connectivity index (χ0) is 18.4. The Labute approximate surface area is 150 Å². The number of hydrogen-bond donors (Lipinski definition) is 5. The van der Waals surface area contributed by atoms with E-state index < -0.39 is 29.9 Å². The van der Waals surface area contributed by atoms with Crippen molar-refractivity contribution in [2.24, 2.45) is 5.73 Å². The molecule has 8 nitrogen and oxygen atoms in total. The second-order valence-corrected chi connectivity index (χ2v) is 5.78. The van der Waals surface area contributed by atoms with Crippen LogP contribution in [0.5, 0.6) is 0 Å². The summed E-state index contributed by atoms with van der Waals surface area (Å²) in [6.45, 7) is -0.273. The van der Waals surface area contributed by atoms with E-state index in [4.69, 9.17) is 5.73 Å². The Kier molecular flexibility index (Phi) is 6.43. The molecule has 0 unspecified atom stereocenters. The van der Waals surface area contributed by atoms with Crippen LogP contribution in [0.4, 0.5) is 5.69 Å². The smallest absolute Gasteiger partial charge is 0.326 e. The molecule has 0 aliphatic carbocycles. The van der Waals surface area contributed by atoms with Crippen LogP contribution in [-0.2, 0) is 14.4 Å². The van der Waals surface area contributed by atoms with Crippen molar-refractivity contribution < 1.29 is 19.5 Å². The number of rotatable bonds is 8. The van der Waals surface area contributed by atoms with Crippen LogP contribution in [0, 0.1) is 0 Å². The normalized spacial score (nSPS) is 14.6. The van der Waals surface area contributed by atoms with E-state index in [1.807, 2.05) is 24.3 Å². The monoisotopic (exact) mass is 363 g/mol. The second kappa shape index (κ2) is 8.54. The Morgan fingerprint density at radius 2 is 1.92 bits per heavy atom. The summed E-state index contributed by atoms with van der Waals surface area (Å²) in [6.07, 6.45) is 1.67. The third-order valence-corrected chi connectivity index (χ3v) is 4.03. The highest BCUT2D eigenvalue weighted by atomic mass is 32.1. The van der Waals surface area contributed by atoms with Gasteiger partial charge in [-0.3, -0.25) is 14.9 Å². The summed E-state index contributed by atoms with van der Waals surface area (Å²) in [5, 5.41) is 18.5. The lowest BCUT2D eigenvalue weighted by molar-refractivity contribution is -0.142. The number of thiol groups is 1. The molecule has 1 heterocycles. The quantitative estimate of drug-likeness (QED) is 0.401. The van der Waals surface area contributed by atoms with E-state index in [1.54, 1.807) is 6.20 Å². The van der Waals surface area contributed by atoms with Gasteiger partial charge < -0.3 is 21.5 Å². The molecule has 9 heteroatoms. The molecule has 0 bridgehead atoms. The molecular formula is C16H19N4O4S. The number of carbonyl (C=O) groups is 3. The molecule has 5 N–H and O–H groups in total. The van der Waals surface area contributed by atoms with Crippen molar-refractivity contribution in [1.82, 2.24) is 16.0 Å². The van der Waals surface area contributed by atoms with Gasteiger partial charge in [-0.2, -0.15) is 12.6 Å². The molecule has 2 atom stereocenters. The molecule has 1 aromatic carbocycles. The number of carboxylic acid groups (broad SMARTS) is 1. The number of para-hydroxylation sites is 1. The van der Waals surface area contributed by atoms with Crippen molar-refractivity contribution in [3.8, 4) is 0 Å². The van der Waals surface area contributed by atoms with Crippen LogP contribution in [0.1, 0.15) is 12.0 Å². The molecule has 133 valence electrons. The molecule has 0 aromatic heterocycles. The summed E-state index contributed by atoms with van der Waals surface area (Å²) in [5.74, 6) is -2.31. The van der Waals surface area contributed by atoms with Crippen LogP contribution >= 0.6 is 12.6 Å². The van der Waals surface area contributed by atoms with Gasteiger partial charge in [-0.15, -0.1) is 0 Å². The number of amides is 2. The highest BCUT2D eigenvalue weighted by molar-refractivity contribution is 7.80. The lowest BCUT2D eigenvalue weighted by atomic mass is 10.00. The summed E-state index contributed by atoms with van der Waals surface area (Å²) < 4.78 is 0. The first-order valence-corrected chi connectivity index (χ1v) is 8.22. The van der Waals surface area contributed by atoms with Crippen LogP contribution in [-0.4, -0.2) is 47.3 Å². The maximum Gasteiger partial charge on any atom is 0.326 e. The maximum absolute atomic E-state index is 12.2. The molecule has 1 aromatic rings. The molecule has 0 saturated heterocycles. The van der Waals surface area contributed by atoms with E-state index in [0.717, 1.165) is 16.8 Å². The molecule has 2 amide bonds. The summed E-state index contributed by atoms with van der Waals surface area (Å²) in [4.78, 5) is 35.1. The molecule has 1 aliphatic rings. The highest BCUT2D eigenvalue weighted by Crippen LogP contribution is 2.32. The lowest BCUT2D eigenvalue weighted by Gasteiger charge is -2.20. The largest absolute Gasteiger partial charge is 0.480 e. The van der Waals surface area contributed by atoms with E-state index in [1.165, 1.54) is 0 Å². The average molecular weight is 363 g/mol. The van der Waals surface area contributed by atoms with E-state index in [2.05, 4.69) is 28.6 Å². The molecule has 0 fully saturated rings. The summed E-state index contributed by atoms with van der Waals surface area (Å²) in [5.41, 5.74) is 7.52. The minimum absolute atomic E-state index is 0.0186. The summed E-state index contributed by atoms with van der Waals surface area (Å²) in [6, 6.07) is 5.23. The number of nitrogens with two attached hydrogens (primary N) is 1. The van der Waals surface area contributed by atoms with Crippen molar-refractivity contribution >= 4 is 41.7 Å². The molecule has 0 saturated carbocycles. The number of benzene rings is 1. The van der Waals surface area contributed by atoms with Gasteiger partial charge in [0.2, 0.25) is 11.8 Å². The first-order valence-electron chi connectivity index (χ1n) is 7.59. The van der Waals surface area contributed by atoms with E-state index in [9.17, 15) is 19.5 Å². The third kappa shape index (κ3) is 4.74. The molecule has 1 aliphatic heterocycles. The summed E-state index contributed by atoms with van der Waals surface area (Å²) in [7, 11) is 0. The maximum atomic E-state index is 12.2. The summed E-state index contributed by atoms with van der Waals surface area (Å²) >= 11 is 4.01. The Morgan fingerprint density at radius 3 is 2.56 bits per heavy atom. The molecule has 0 spiro atoms. The Hall–Kier alpha value is -2.52. The molecule has 25 heavy (non-hydrogen) atoms. The number of carbonyl (C=O) groups excluding carboxylic acids is 2. The van der Waals surface area contributed by atoms with Crippen molar-refractivity contribution in [3.05, 3.63) is 36.0 Å². The van der Waals surface area contributed by atoms with E-state index in [0.29, 0.717) is 0 Å². The number of aliphatic carboxylic acids is 1. The number of fused-ring (bicyclic) bond motifs is 1. The first kappa shape index (κ1) is 18.8. The van der Waals surface area contributed by atoms with Crippen LogP contribution in [0.2, 0.25) is 0 Å². The van der Waals surface area contributed by atoms with Crippen molar-refractivity contribution in [2.75, 3.05) is 12.3 Å². The Morgan fingerprint density at radius 1 is 1.20 bits per heavy atom. The number of nitrogens with zero attached hydrogens (tertiary/aromatic N) is 1. The Balaban J connectivity index is 2.05. The van der Waals surface area contributed by atoms with Crippen LogP contribution < -0.4 is 21.7 Å². The van der Waals surface area contributed by atoms with Gasteiger partial charge >= 0.3 is 5.97 Å². The number of carboxylic acids is 1. The van der Waals surface area contributed by atoms with Crippen LogP contribution in [0.25, 0.3) is 5.57 Å². The van der Waals surface area contributed by atoms with Crippen LogP contribution in [0.3, 0.4) is 0 Å². The fourth-order valence-corrected chi connectivity index (χ4v) is 2.63. The first-order chi connectivity index (χ1) is 12.0. The zero-order valence-electron chi connectivity index (χ0n) is 13.3. The molecule has 1 radical (unpaired) electrons. The number of hydrogen-bond acceptors (Lipinski definition) is 5. The fourth-order valence-electron chi connectivity index (χ4n) is 2.38. The average Bonchev–Trinajstić information content (AvgIpc) is 3.01. The van der Waals surface area contributed by atoms with Gasteiger partial charge in [0, 0.05) is 23.9 Å². The molecular weight excluding hydrogens is 344 g/mol. The third-order valence-electron chi connectivity index (χ3n) is 3.67. The standard InChI is InChI=1S/C16H19N4O4S/c17-6-14(21)19-13(8-25)15(22)20-12(16(23)24)5-9-7-18-11-4-2-1-3-10(9)11/h1-4,7,12-13,25H,5-6,8,17H2,(H,19,21)(H,20,22)(H,23,24)/t12-,13-/m0/s1. The van der Waals surface area contributed by atoms with Crippen molar-refractivity contribution in [3.63, 3.8) is 0 Å². The van der Waals surface area contributed by atoms with Crippen molar-refractivity contribution in [1.29, 1.82) is 0 Å². The van der Waals surface area contributed by atoms with Gasteiger partial charge in [-0.05, 0) is 11.6 Å². The topological polar surface area (TPSA) is 136 Å². The molecule has 2 rings (SSSR count). The zero-order valence-corrected chi connectivity index (χ0v) is 14.2. The fraction of sp³-hybridized carbons (Fsp3) is 0.312. The number of nitrogens with one attached hydrogen (secondary N) is 2.